The van der Waals surface area contributed by atoms with Gasteiger partial charge in [0.1, 0.15) is 16.9 Å². The van der Waals surface area contributed by atoms with E-state index in [1.807, 2.05) is 12.1 Å². The summed E-state index contributed by atoms with van der Waals surface area (Å²) in [6.07, 6.45) is 5.45. The van der Waals surface area contributed by atoms with E-state index in [2.05, 4.69) is 14.5 Å². The molecule has 4 rings (SSSR count). The van der Waals surface area contributed by atoms with Crippen LogP contribution >= 0.6 is 0 Å². The van der Waals surface area contributed by atoms with Crippen molar-refractivity contribution in [2.45, 2.75) is 31.4 Å². The fourth-order valence-electron chi connectivity index (χ4n) is 3.43. The van der Waals surface area contributed by atoms with E-state index >= 15 is 0 Å². The first kappa shape index (κ1) is 16.4. The van der Waals surface area contributed by atoms with Crippen LogP contribution in [0.4, 0.5) is 0 Å². The molecule has 1 aliphatic heterocycles. The van der Waals surface area contributed by atoms with Crippen LogP contribution in [0.3, 0.4) is 0 Å². The van der Waals surface area contributed by atoms with Gasteiger partial charge in [-0.15, -0.1) is 0 Å². The number of hydrogen-bond donors (Lipinski definition) is 1. The van der Waals surface area contributed by atoms with Crippen molar-refractivity contribution in [1.82, 2.24) is 19.5 Å². The molecule has 0 saturated carbocycles. The third-order valence-corrected chi connectivity index (χ3v) is 4.82. The van der Waals surface area contributed by atoms with E-state index in [0.717, 1.165) is 27.9 Å². The zero-order chi connectivity index (χ0) is 17.3. The van der Waals surface area contributed by atoms with Gasteiger partial charge in [-0.05, 0) is 12.1 Å². The molecule has 0 bridgehead atoms. The Labute approximate surface area is 145 Å². The van der Waals surface area contributed by atoms with Gasteiger partial charge in [0.2, 0.25) is 0 Å². The van der Waals surface area contributed by atoms with Gasteiger partial charge < -0.3 is 19.1 Å². The van der Waals surface area contributed by atoms with Crippen LogP contribution in [0.25, 0.3) is 22.1 Å². The molecule has 0 amide bonds. The Hall–Kier alpha value is -2.09. The van der Waals surface area contributed by atoms with E-state index in [0.29, 0.717) is 45.6 Å². The maximum atomic E-state index is 11.0. The summed E-state index contributed by atoms with van der Waals surface area (Å²) in [5, 5.41) is 11.0. The van der Waals surface area contributed by atoms with Crippen LogP contribution in [0.2, 0.25) is 0 Å². The minimum Gasteiger partial charge on any atom is -0.388 e. The lowest BCUT2D eigenvalue weighted by molar-refractivity contribution is -0.0726. The smallest absolute Gasteiger partial charge is 0.115 e. The molecule has 4 heterocycles. The van der Waals surface area contributed by atoms with Crippen LogP contribution < -0.4 is 0 Å². The van der Waals surface area contributed by atoms with Crippen LogP contribution in [-0.2, 0) is 22.4 Å². The highest BCUT2D eigenvalue weighted by Crippen LogP contribution is 2.29. The first-order valence-corrected chi connectivity index (χ1v) is 8.58. The minimum atomic E-state index is -0.794. The Morgan fingerprint density at radius 2 is 2.12 bits per heavy atom. The standard InChI is InChI=1S/C18H22N4O3/c1-24-8-4-15-21-14-11-20-13-3-2-7-19-16(13)17(14)22(15)12-18(23)5-9-25-10-6-18/h2-3,7,11,23H,4-6,8-10,12H2,1H3. The lowest BCUT2D eigenvalue weighted by atomic mass is 9.94. The Bertz CT molecular complexity index is 887. The first-order valence-electron chi connectivity index (χ1n) is 8.58. The van der Waals surface area contributed by atoms with Crippen LogP contribution in [-0.4, -0.2) is 57.2 Å². The second-order valence-electron chi connectivity index (χ2n) is 6.56. The highest BCUT2D eigenvalue weighted by atomic mass is 16.5. The molecular weight excluding hydrogens is 320 g/mol. The molecule has 3 aromatic rings. The maximum Gasteiger partial charge on any atom is 0.115 e. The van der Waals surface area contributed by atoms with Gasteiger partial charge in [-0.25, -0.2) is 4.98 Å². The number of fused-ring (bicyclic) bond motifs is 3. The predicted octanol–water partition coefficient (Wildman–Crippen LogP) is 1.71. The molecule has 0 radical (unpaired) electrons. The van der Waals surface area contributed by atoms with Crippen molar-refractivity contribution in [3.8, 4) is 0 Å². The molecular formula is C18H22N4O3. The number of rotatable bonds is 5. The van der Waals surface area contributed by atoms with Gasteiger partial charge in [-0.2, -0.15) is 0 Å². The number of methoxy groups -OCH3 is 1. The SMILES string of the molecule is COCCc1nc2cnc3cccnc3c2n1CC1(O)CCOCC1. The summed E-state index contributed by atoms with van der Waals surface area (Å²) >= 11 is 0. The summed E-state index contributed by atoms with van der Waals surface area (Å²) in [4.78, 5) is 13.7. The van der Waals surface area contributed by atoms with E-state index in [1.54, 1.807) is 19.5 Å². The number of aliphatic hydroxyl groups is 1. The van der Waals surface area contributed by atoms with Crippen molar-refractivity contribution in [3.63, 3.8) is 0 Å². The van der Waals surface area contributed by atoms with Crippen molar-refractivity contribution in [1.29, 1.82) is 0 Å². The molecule has 7 nitrogen and oxygen atoms in total. The van der Waals surface area contributed by atoms with Crippen molar-refractivity contribution in [3.05, 3.63) is 30.4 Å². The zero-order valence-corrected chi connectivity index (χ0v) is 14.3. The summed E-state index contributed by atoms with van der Waals surface area (Å²) in [6, 6.07) is 3.82. The van der Waals surface area contributed by atoms with Gasteiger partial charge >= 0.3 is 0 Å². The Morgan fingerprint density at radius 3 is 2.92 bits per heavy atom. The summed E-state index contributed by atoms with van der Waals surface area (Å²) in [5.74, 6) is 0.886. The highest BCUT2D eigenvalue weighted by molar-refractivity contribution is 5.99. The normalized spacial score (nSPS) is 17.4. The molecule has 1 fully saturated rings. The van der Waals surface area contributed by atoms with Crippen LogP contribution in [0, 0.1) is 0 Å². The third-order valence-electron chi connectivity index (χ3n) is 4.82. The van der Waals surface area contributed by atoms with Gasteiger partial charge in [-0.1, -0.05) is 0 Å². The van der Waals surface area contributed by atoms with Crippen molar-refractivity contribution in [2.24, 2.45) is 0 Å². The van der Waals surface area contributed by atoms with Gasteiger partial charge in [0.25, 0.3) is 0 Å². The monoisotopic (exact) mass is 342 g/mol. The fraction of sp³-hybridized carbons (Fsp3) is 0.500. The number of nitrogens with zero attached hydrogens (tertiary/aromatic N) is 4. The quantitative estimate of drug-likeness (QED) is 0.760. The molecule has 0 aliphatic carbocycles. The van der Waals surface area contributed by atoms with Crippen LogP contribution in [0.5, 0.6) is 0 Å². The van der Waals surface area contributed by atoms with Gasteiger partial charge in [0.05, 0.1) is 36.0 Å². The number of pyridine rings is 2. The van der Waals surface area contributed by atoms with Crippen molar-refractivity contribution < 1.29 is 14.6 Å². The average molecular weight is 342 g/mol. The number of ether oxygens (including phenoxy) is 2. The van der Waals surface area contributed by atoms with Gasteiger partial charge in [-0.3, -0.25) is 9.97 Å². The van der Waals surface area contributed by atoms with E-state index in [9.17, 15) is 5.11 Å². The van der Waals surface area contributed by atoms with E-state index in [1.165, 1.54) is 0 Å². The Kier molecular flexibility index (Phi) is 4.37. The van der Waals surface area contributed by atoms with Crippen LogP contribution in [0.15, 0.2) is 24.5 Å². The summed E-state index contributed by atoms with van der Waals surface area (Å²) < 4.78 is 12.7. The topological polar surface area (TPSA) is 82.3 Å². The predicted molar refractivity (Wildman–Crippen MR) is 93.4 cm³/mol. The molecule has 25 heavy (non-hydrogen) atoms. The summed E-state index contributed by atoms with van der Waals surface area (Å²) in [7, 11) is 1.68. The second kappa shape index (κ2) is 6.67. The van der Waals surface area contributed by atoms with Crippen molar-refractivity contribution >= 4 is 22.1 Å². The van der Waals surface area contributed by atoms with E-state index in [4.69, 9.17) is 14.5 Å². The Morgan fingerprint density at radius 1 is 1.28 bits per heavy atom. The molecule has 132 valence electrons. The lowest BCUT2D eigenvalue weighted by Crippen LogP contribution is -2.40. The van der Waals surface area contributed by atoms with E-state index < -0.39 is 5.60 Å². The molecule has 1 aliphatic rings. The van der Waals surface area contributed by atoms with Crippen LogP contribution in [0.1, 0.15) is 18.7 Å². The molecule has 3 aromatic heterocycles. The second-order valence-corrected chi connectivity index (χ2v) is 6.56. The molecule has 7 heteroatoms. The highest BCUT2D eigenvalue weighted by Gasteiger charge is 2.32. The largest absolute Gasteiger partial charge is 0.388 e. The van der Waals surface area contributed by atoms with E-state index in [-0.39, 0.29) is 0 Å². The Balaban J connectivity index is 1.86. The zero-order valence-electron chi connectivity index (χ0n) is 14.3. The van der Waals surface area contributed by atoms with Crippen molar-refractivity contribution in [2.75, 3.05) is 26.9 Å². The maximum absolute atomic E-state index is 11.0. The molecule has 1 N–H and O–H groups in total. The molecule has 0 unspecified atom stereocenters. The fourth-order valence-corrected chi connectivity index (χ4v) is 3.43. The van der Waals surface area contributed by atoms with Gasteiger partial charge in [0.15, 0.2) is 0 Å². The third kappa shape index (κ3) is 3.10. The average Bonchev–Trinajstić information content (AvgIpc) is 2.98. The first-order chi connectivity index (χ1) is 12.2. The summed E-state index contributed by atoms with van der Waals surface area (Å²) in [6.45, 7) is 2.21. The van der Waals surface area contributed by atoms with Gasteiger partial charge in [0, 0.05) is 45.8 Å². The minimum absolute atomic E-state index is 0.474. The number of hydrogen-bond acceptors (Lipinski definition) is 6. The molecule has 0 aromatic carbocycles. The number of imidazole rings is 1. The molecule has 0 atom stereocenters. The molecule has 0 spiro atoms. The number of aromatic nitrogens is 4. The molecule has 1 saturated heterocycles. The lowest BCUT2D eigenvalue weighted by Gasteiger charge is -2.33. The summed E-state index contributed by atoms with van der Waals surface area (Å²) in [5.41, 5.74) is 2.57.